The van der Waals surface area contributed by atoms with E-state index in [1.165, 1.54) is 5.56 Å². The third-order valence-corrected chi connectivity index (χ3v) is 5.23. The molecule has 4 aromatic rings. The highest BCUT2D eigenvalue weighted by molar-refractivity contribution is 9.10. The van der Waals surface area contributed by atoms with E-state index in [1.54, 1.807) is 4.80 Å². The number of hydrogen-bond acceptors (Lipinski definition) is 4. The van der Waals surface area contributed by atoms with Gasteiger partial charge in [0.15, 0.2) is 0 Å². The lowest BCUT2D eigenvalue weighted by molar-refractivity contribution is 0.573. The van der Waals surface area contributed by atoms with Gasteiger partial charge in [-0.25, -0.2) is 4.68 Å². The second-order valence-corrected chi connectivity index (χ2v) is 7.69. The molecule has 2 aromatic heterocycles. The van der Waals surface area contributed by atoms with Crippen LogP contribution in [0.4, 0.5) is 0 Å². The zero-order chi connectivity index (χ0) is 19.0. The molecule has 0 fully saturated rings. The maximum atomic E-state index is 5.64. The summed E-state index contributed by atoms with van der Waals surface area (Å²) < 4.78 is 3.54. The van der Waals surface area contributed by atoms with Gasteiger partial charge in [-0.15, -0.1) is 10.2 Å². The van der Waals surface area contributed by atoms with Crippen LogP contribution in [0.3, 0.4) is 0 Å². The molecule has 2 heterocycles. The van der Waals surface area contributed by atoms with Gasteiger partial charge in [0.05, 0.1) is 17.8 Å². The van der Waals surface area contributed by atoms with Gasteiger partial charge >= 0.3 is 0 Å². The number of nitrogens with one attached hydrogen (secondary N) is 1. The molecule has 0 aliphatic rings. The zero-order valence-corrected chi connectivity index (χ0v) is 17.3. The minimum absolute atomic E-state index is 0.511. The molecule has 0 bridgehead atoms. The van der Waals surface area contributed by atoms with Crippen molar-refractivity contribution in [1.82, 2.24) is 30.0 Å². The van der Waals surface area contributed by atoms with E-state index in [-0.39, 0.29) is 0 Å². The number of hydrogen-bond donors (Lipinski definition) is 1. The molecule has 2 aromatic carbocycles. The number of aryl methyl sites for hydroxylation is 2. The fraction of sp³-hybridized carbons (Fsp3) is 0.158. The van der Waals surface area contributed by atoms with Gasteiger partial charge in [0, 0.05) is 10.7 Å². The maximum absolute atomic E-state index is 5.64. The molecular formula is C19H17BrN6S. The van der Waals surface area contributed by atoms with Crippen molar-refractivity contribution in [2.45, 2.75) is 20.4 Å². The molecule has 0 unspecified atom stereocenters. The molecule has 6 nitrogen and oxygen atoms in total. The van der Waals surface area contributed by atoms with E-state index in [0.717, 1.165) is 26.9 Å². The quantitative estimate of drug-likeness (QED) is 0.470. The number of aromatic nitrogens is 6. The van der Waals surface area contributed by atoms with Crippen LogP contribution in [0.15, 0.2) is 53.1 Å². The smallest absolute Gasteiger partial charge is 0.209 e. The van der Waals surface area contributed by atoms with Crippen LogP contribution >= 0.6 is 28.1 Å². The highest BCUT2D eigenvalue weighted by Gasteiger charge is 2.13. The summed E-state index contributed by atoms with van der Waals surface area (Å²) in [6, 6.07) is 14.3. The normalized spacial score (nSPS) is 11.1. The monoisotopic (exact) mass is 440 g/mol. The summed E-state index contributed by atoms with van der Waals surface area (Å²) in [4.78, 5) is 1.57. The second-order valence-electron chi connectivity index (χ2n) is 6.39. The lowest BCUT2D eigenvalue weighted by atomic mass is 10.1. The van der Waals surface area contributed by atoms with E-state index >= 15 is 0 Å². The van der Waals surface area contributed by atoms with Crippen molar-refractivity contribution in [2.24, 2.45) is 0 Å². The van der Waals surface area contributed by atoms with Gasteiger partial charge < -0.3 is 0 Å². The summed E-state index contributed by atoms with van der Waals surface area (Å²) in [6.07, 6.45) is 1.82. The Hall–Kier alpha value is -2.58. The topological polar surface area (TPSA) is 64.3 Å². The molecule has 27 heavy (non-hydrogen) atoms. The van der Waals surface area contributed by atoms with Crippen molar-refractivity contribution in [3.63, 3.8) is 0 Å². The van der Waals surface area contributed by atoms with E-state index in [4.69, 9.17) is 12.2 Å². The van der Waals surface area contributed by atoms with Gasteiger partial charge in [0.1, 0.15) is 4.64 Å². The first-order valence-corrected chi connectivity index (χ1v) is 9.62. The summed E-state index contributed by atoms with van der Waals surface area (Å²) in [7, 11) is 0. The summed E-state index contributed by atoms with van der Waals surface area (Å²) in [5.74, 6) is 0.511. The standard InChI is InChI=1S/C19H17BrN6S/c1-12-3-8-17(13(2)9-12)26-19(27)16(10-21-26)18-22-24-25(23-18)11-14-4-6-15(20)7-5-14/h3-10,21H,11H2,1-2H3. The van der Waals surface area contributed by atoms with Crippen molar-refractivity contribution < 1.29 is 0 Å². The Morgan fingerprint density at radius 1 is 1.11 bits per heavy atom. The highest BCUT2D eigenvalue weighted by atomic mass is 79.9. The minimum atomic E-state index is 0.511. The fourth-order valence-electron chi connectivity index (χ4n) is 2.94. The van der Waals surface area contributed by atoms with Gasteiger partial charge in [-0.2, -0.15) is 4.80 Å². The van der Waals surface area contributed by atoms with Gasteiger partial charge in [-0.05, 0) is 48.4 Å². The number of H-pyrrole nitrogens is 1. The molecular weight excluding hydrogens is 424 g/mol. The zero-order valence-electron chi connectivity index (χ0n) is 14.8. The van der Waals surface area contributed by atoms with Crippen LogP contribution in [0.25, 0.3) is 17.1 Å². The van der Waals surface area contributed by atoms with Crippen molar-refractivity contribution >= 4 is 28.1 Å². The van der Waals surface area contributed by atoms with Crippen LogP contribution in [0.5, 0.6) is 0 Å². The number of benzene rings is 2. The van der Waals surface area contributed by atoms with Crippen LogP contribution in [-0.4, -0.2) is 30.0 Å². The van der Waals surface area contributed by atoms with E-state index in [9.17, 15) is 0 Å². The third-order valence-electron chi connectivity index (χ3n) is 4.30. The summed E-state index contributed by atoms with van der Waals surface area (Å²) in [5, 5.41) is 16.0. The largest absolute Gasteiger partial charge is 0.299 e. The molecule has 0 aliphatic carbocycles. The molecule has 0 spiro atoms. The third kappa shape index (κ3) is 3.63. The SMILES string of the molecule is Cc1ccc(-n2[nH]cc(-c3nnn(Cc4ccc(Br)cc4)n3)c2=S)c(C)c1. The molecule has 0 atom stereocenters. The van der Waals surface area contributed by atoms with Crippen LogP contribution in [0, 0.1) is 18.5 Å². The lowest BCUT2D eigenvalue weighted by Gasteiger charge is -2.07. The molecule has 0 radical (unpaired) electrons. The number of tetrazole rings is 1. The summed E-state index contributed by atoms with van der Waals surface area (Å²) >= 11 is 9.08. The Morgan fingerprint density at radius 3 is 2.63 bits per heavy atom. The number of rotatable bonds is 4. The summed E-state index contributed by atoms with van der Waals surface area (Å²) in [6.45, 7) is 4.69. The second kappa shape index (κ2) is 7.21. The minimum Gasteiger partial charge on any atom is -0.299 e. The number of nitrogens with zero attached hydrogens (tertiary/aromatic N) is 5. The molecule has 0 aliphatic heterocycles. The van der Waals surface area contributed by atoms with Crippen LogP contribution < -0.4 is 0 Å². The Morgan fingerprint density at radius 2 is 1.89 bits per heavy atom. The van der Waals surface area contributed by atoms with E-state index in [0.29, 0.717) is 17.0 Å². The van der Waals surface area contributed by atoms with Gasteiger partial charge in [-0.3, -0.25) is 5.10 Å². The lowest BCUT2D eigenvalue weighted by Crippen LogP contribution is -2.03. The molecule has 0 saturated heterocycles. The predicted octanol–water partition coefficient (Wildman–Crippen LogP) is 4.62. The fourth-order valence-corrected chi connectivity index (χ4v) is 3.50. The first-order valence-electron chi connectivity index (χ1n) is 8.42. The molecule has 0 amide bonds. The number of aromatic amines is 1. The van der Waals surface area contributed by atoms with Gasteiger partial charge in [-0.1, -0.05) is 58.0 Å². The van der Waals surface area contributed by atoms with Crippen molar-refractivity contribution in [3.8, 4) is 17.1 Å². The maximum Gasteiger partial charge on any atom is 0.209 e. The predicted molar refractivity (Wildman–Crippen MR) is 110 cm³/mol. The Kier molecular flexibility index (Phi) is 4.75. The molecule has 4 rings (SSSR count). The van der Waals surface area contributed by atoms with Crippen LogP contribution in [-0.2, 0) is 6.54 Å². The highest BCUT2D eigenvalue weighted by Crippen LogP contribution is 2.21. The van der Waals surface area contributed by atoms with Crippen molar-refractivity contribution in [3.05, 3.63) is 74.5 Å². The molecule has 0 saturated carbocycles. The Labute approximate surface area is 170 Å². The average molecular weight is 441 g/mol. The first kappa shape index (κ1) is 17.8. The van der Waals surface area contributed by atoms with E-state index in [1.807, 2.05) is 35.1 Å². The van der Waals surface area contributed by atoms with Gasteiger partial charge in [0.25, 0.3) is 0 Å². The molecule has 136 valence electrons. The van der Waals surface area contributed by atoms with E-state index < -0.39 is 0 Å². The average Bonchev–Trinajstić information content (AvgIpc) is 3.24. The molecule has 8 heteroatoms. The first-order chi connectivity index (χ1) is 13.0. The van der Waals surface area contributed by atoms with Gasteiger partial charge in [0.2, 0.25) is 5.82 Å². The van der Waals surface area contributed by atoms with E-state index in [2.05, 4.69) is 68.5 Å². The van der Waals surface area contributed by atoms with Crippen molar-refractivity contribution in [2.75, 3.05) is 0 Å². The van der Waals surface area contributed by atoms with Crippen LogP contribution in [0.2, 0.25) is 0 Å². The molecule has 1 N–H and O–H groups in total. The number of halogens is 1. The Bertz CT molecular complexity index is 1160. The van der Waals surface area contributed by atoms with Crippen LogP contribution in [0.1, 0.15) is 16.7 Å². The summed E-state index contributed by atoms with van der Waals surface area (Å²) in [5.41, 5.74) is 5.23. The Balaban J connectivity index is 1.63. The van der Waals surface area contributed by atoms with Crippen molar-refractivity contribution in [1.29, 1.82) is 0 Å².